The standard InChI is InChI=1S/C17H25N3O/c1-21-13-15-7-5-11-20(15)19-17-9-3-2-8-16(17)14-6-4-10-18-12-14/h4,6,10,12,15-16H,2-3,5,7-9,11,13H2,1H3/t15-,16+/m1/s1. The number of hydrogen-bond acceptors (Lipinski definition) is 4. The Morgan fingerprint density at radius 1 is 1.33 bits per heavy atom. The molecule has 0 spiro atoms. The third-order valence-electron chi connectivity index (χ3n) is 4.63. The van der Waals surface area contributed by atoms with Gasteiger partial charge in [-0.05, 0) is 43.7 Å². The van der Waals surface area contributed by atoms with E-state index in [0.717, 1.165) is 19.6 Å². The Balaban J connectivity index is 1.79. The first kappa shape index (κ1) is 14.5. The molecule has 2 aliphatic rings. The van der Waals surface area contributed by atoms with Gasteiger partial charge in [-0.2, -0.15) is 5.10 Å². The third kappa shape index (κ3) is 3.43. The molecule has 0 amide bonds. The number of nitrogens with zero attached hydrogens (tertiary/aromatic N) is 3. The molecule has 0 N–H and O–H groups in total. The van der Waals surface area contributed by atoms with Gasteiger partial charge in [-0.1, -0.05) is 12.5 Å². The van der Waals surface area contributed by atoms with Gasteiger partial charge in [-0.15, -0.1) is 0 Å². The van der Waals surface area contributed by atoms with E-state index in [-0.39, 0.29) is 0 Å². The Bertz CT molecular complexity index is 474. The molecule has 1 aliphatic heterocycles. The van der Waals surface area contributed by atoms with Gasteiger partial charge in [0.2, 0.25) is 0 Å². The minimum absolute atomic E-state index is 0.455. The molecule has 4 nitrogen and oxygen atoms in total. The Labute approximate surface area is 127 Å². The van der Waals surface area contributed by atoms with Crippen molar-refractivity contribution in [1.82, 2.24) is 9.99 Å². The van der Waals surface area contributed by atoms with Crippen molar-refractivity contribution in [2.45, 2.75) is 50.5 Å². The van der Waals surface area contributed by atoms with Gasteiger partial charge in [0.15, 0.2) is 0 Å². The summed E-state index contributed by atoms with van der Waals surface area (Å²) in [6.07, 6.45) is 11.1. The second kappa shape index (κ2) is 7.03. The van der Waals surface area contributed by atoms with Gasteiger partial charge in [0.25, 0.3) is 0 Å². The van der Waals surface area contributed by atoms with Gasteiger partial charge in [0.1, 0.15) is 0 Å². The maximum Gasteiger partial charge on any atom is 0.0704 e. The van der Waals surface area contributed by atoms with Crippen LogP contribution in [0.4, 0.5) is 0 Å². The zero-order valence-electron chi connectivity index (χ0n) is 12.9. The van der Waals surface area contributed by atoms with Crippen molar-refractivity contribution in [2.24, 2.45) is 5.10 Å². The minimum Gasteiger partial charge on any atom is -0.382 e. The van der Waals surface area contributed by atoms with Crippen LogP contribution in [0.5, 0.6) is 0 Å². The molecule has 1 saturated carbocycles. The highest BCUT2D eigenvalue weighted by molar-refractivity contribution is 5.91. The lowest BCUT2D eigenvalue weighted by Crippen LogP contribution is -2.31. The molecule has 1 aromatic rings. The maximum absolute atomic E-state index is 5.34. The molecular weight excluding hydrogens is 262 g/mol. The maximum atomic E-state index is 5.34. The largest absolute Gasteiger partial charge is 0.382 e. The average molecular weight is 287 g/mol. The number of methoxy groups -OCH3 is 1. The summed E-state index contributed by atoms with van der Waals surface area (Å²) in [4.78, 5) is 4.28. The topological polar surface area (TPSA) is 37.7 Å². The van der Waals surface area contributed by atoms with Crippen molar-refractivity contribution in [1.29, 1.82) is 0 Å². The second-order valence-electron chi connectivity index (χ2n) is 6.09. The summed E-state index contributed by atoms with van der Waals surface area (Å²) < 4.78 is 5.34. The van der Waals surface area contributed by atoms with Crippen LogP contribution in [0.3, 0.4) is 0 Å². The molecule has 0 radical (unpaired) electrons. The highest BCUT2D eigenvalue weighted by Crippen LogP contribution is 2.31. The highest BCUT2D eigenvalue weighted by atomic mass is 16.5. The monoisotopic (exact) mass is 287 g/mol. The van der Waals surface area contributed by atoms with Crippen molar-refractivity contribution in [2.75, 3.05) is 20.3 Å². The Kier molecular flexibility index (Phi) is 4.86. The van der Waals surface area contributed by atoms with Crippen LogP contribution in [0.1, 0.15) is 50.0 Å². The number of ether oxygens (including phenoxy) is 1. The molecule has 0 unspecified atom stereocenters. The summed E-state index contributed by atoms with van der Waals surface area (Å²) in [6, 6.07) is 4.68. The lowest BCUT2D eigenvalue weighted by atomic mass is 9.83. The van der Waals surface area contributed by atoms with Crippen LogP contribution >= 0.6 is 0 Å². The molecule has 1 aromatic heterocycles. The smallest absolute Gasteiger partial charge is 0.0704 e. The van der Waals surface area contributed by atoms with Crippen LogP contribution in [0.25, 0.3) is 0 Å². The fourth-order valence-electron chi connectivity index (χ4n) is 3.54. The van der Waals surface area contributed by atoms with Crippen LogP contribution in [-0.2, 0) is 4.74 Å². The number of hydrogen-bond donors (Lipinski definition) is 0. The summed E-state index contributed by atoms with van der Waals surface area (Å²) in [6.45, 7) is 1.85. The zero-order valence-corrected chi connectivity index (χ0v) is 12.9. The zero-order chi connectivity index (χ0) is 14.5. The van der Waals surface area contributed by atoms with Gasteiger partial charge in [0.05, 0.1) is 12.6 Å². The van der Waals surface area contributed by atoms with Gasteiger partial charge in [-0.3, -0.25) is 9.99 Å². The van der Waals surface area contributed by atoms with Gasteiger partial charge in [-0.25, -0.2) is 0 Å². The molecule has 114 valence electrons. The number of aromatic nitrogens is 1. The summed E-state index contributed by atoms with van der Waals surface area (Å²) in [5.41, 5.74) is 2.66. The average Bonchev–Trinajstić information content (AvgIpc) is 2.96. The van der Waals surface area contributed by atoms with E-state index in [2.05, 4.69) is 16.1 Å². The quantitative estimate of drug-likeness (QED) is 0.853. The molecule has 0 aromatic carbocycles. The number of rotatable bonds is 4. The Hall–Kier alpha value is -1.42. The van der Waals surface area contributed by atoms with Crippen molar-refractivity contribution in [3.63, 3.8) is 0 Å². The molecule has 4 heteroatoms. The SMILES string of the molecule is COC[C@H]1CCCN1N=C1CCCC[C@H]1c1cccnc1. The molecule has 21 heavy (non-hydrogen) atoms. The second-order valence-corrected chi connectivity index (χ2v) is 6.09. The van der Waals surface area contributed by atoms with E-state index < -0.39 is 0 Å². The van der Waals surface area contributed by atoms with Crippen molar-refractivity contribution in [3.05, 3.63) is 30.1 Å². The van der Waals surface area contributed by atoms with E-state index in [9.17, 15) is 0 Å². The molecule has 3 rings (SSSR count). The number of pyridine rings is 1. The predicted octanol–water partition coefficient (Wildman–Crippen LogP) is 3.21. The summed E-state index contributed by atoms with van der Waals surface area (Å²) in [5, 5.41) is 7.31. The Morgan fingerprint density at radius 3 is 3.10 bits per heavy atom. The van der Waals surface area contributed by atoms with E-state index in [4.69, 9.17) is 9.84 Å². The molecular formula is C17H25N3O. The lowest BCUT2D eigenvalue weighted by molar-refractivity contribution is 0.117. The molecule has 1 saturated heterocycles. The van der Waals surface area contributed by atoms with E-state index in [1.807, 2.05) is 18.5 Å². The molecule has 1 aliphatic carbocycles. The summed E-state index contributed by atoms with van der Waals surface area (Å²) >= 11 is 0. The first-order chi connectivity index (χ1) is 10.4. The third-order valence-corrected chi connectivity index (χ3v) is 4.63. The van der Waals surface area contributed by atoms with E-state index >= 15 is 0 Å². The van der Waals surface area contributed by atoms with Crippen LogP contribution < -0.4 is 0 Å². The highest BCUT2D eigenvalue weighted by Gasteiger charge is 2.27. The van der Waals surface area contributed by atoms with Gasteiger partial charge < -0.3 is 4.74 Å². The van der Waals surface area contributed by atoms with Crippen LogP contribution in [0, 0.1) is 0 Å². The van der Waals surface area contributed by atoms with Crippen LogP contribution in [0.2, 0.25) is 0 Å². The fraction of sp³-hybridized carbons (Fsp3) is 0.647. The fourth-order valence-corrected chi connectivity index (χ4v) is 3.54. The normalized spacial score (nSPS) is 28.2. The summed E-state index contributed by atoms with van der Waals surface area (Å²) in [5.74, 6) is 0.455. The van der Waals surface area contributed by atoms with Crippen LogP contribution in [-0.4, -0.2) is 42.0 Å². The van der Waals surface area contributed by atoms with Gasteiger partial charge in [0, 0.05) is 37.7 Å². The first-order valence-electron chi connectivity index (χ1n) is 8.11. The predicted molar refractivity (Wildman–Crippen MR) is 84.5 cm³/mol. The molecule has 0 bridgehead atoms. The van der Waals surface area contributed by atoms with Crippen molar-refractivity contribution in [3.8, 4) is 0 Å². The molecule has 2 fully saturated rings. The van der Waals surface area contributed by atoms with E-state index in [1.165, 1.54) is 43.4 Å². The molecule has 2 heterocycles. The van der Waals surface area contributed by atoms with Crippen molar-refractivity contribution < 1.29 is 4.74 Å². The van der Waals surface area contributed by atoms with Crippen molar-refractivity contribution >= 4 is 5.71 Å². The lowest BCUT2D eigenvalue weighted by Gasteiger charge is -2.28. The van der Waals surface area contributed by atoms with Crippen LogP contribution in [0.15, 0.2) is 29.6 Å². The van der Waals surface area contributed by atoms with Gasteiger partial charge >= 0.3 is 0 Å². The first-order valence-corrected chi connectivity index (χ1v) is 8.11. The van der Waals surface area contributed by atoms with E-state index in [1.54, 1.807) is 7.11 Å². The molecule has 2 atom stereocenters. The minimum atomic E-state index is 0.455. The Morgan fingerprint density at radius 2 is 2.29 bits per heavy atom. The number of hydrazone groups is 1. The summed E-state index contributed by atoms with van der Waals surface area (Å²) in [7, 11) is 1.78. The van der Waals surface area contributed by atoms with E-state index in [0.29, 0.717) is 12.0 Å².